The lowest BCUT2D eigenvalue weighted by atomic mass is 10.0. The lowest BCUT2D eigenvalue weighted by molar-refractivity contribution is 0.0670. The summed E-state index contributed by atoms with van der Waals surface area (Å²) in [7, 11) is 0. The number of aromatic carboxylic acids is 1. The van der Waals surface area contributed by atoms with Gasteiger partial charge in [-0.3, -0.25) is 4.79 Å². The summed E-state index contributed by atoms with van der Waals surface area (Å²) in [6, 6.07) is 17.7. The number of carboxylic acids is 1. The highest BCUT2D eigenvalue weighted by atomic mass is 19.1. The number of ether oxygens (including phenoxy) is 1. The van der Waals surface area contributed by atoms with Gasteiger partial charge in [0, 0.05) is 13.0 Å². The molecular formula is C25H22FNO4. The Morgan fingerprint density at radius 1 is 1.10 bits per heavy atom. The van der Waals surface area contributed by atoms with Gasteiger partial charge in [-0.2, -0.15) is 0 Å². The van der Waals surface area contributed by atoms with Crippen LogP contribution in [0.2, 0.25) is 0 Å². The molecule has 31 heavy (non-hydrogen) atoms. The molecule has 0 aliphatic carbocycles. The molecule has 4 rings (SSSR count). The molecule has 1 N–H and O–H groups in total. The molecule has 1 heterocycles. The Morgan fingerprint density at radius 2 is 1.84 bits per heavy atom. The molecule has 1 atom stereocenters. The van der Waals surface area contributed by atoms with E-state index < -0.39 is 5.97 Å². The van der Waals surface area contributed by atoms with E-state index in [1.165, 1.54) is 18.2 Å². The SMILES string of the molecule is CC(c1ccc(F)cc1)N(Cc1cccc(C(=O)O)c1)C(=O)c1cccc2c1OCC2. The summed E-state index contributed by atoms with van der Waals surface area (Å²) in [5, 5.41) is 9.32. The highest BCUT2D eigenvalue weighted by molar-refractivity contribution is 5.98. The topological polar surface area (TPSA) is 66.8 Å². The van der Waals surface area contributed by atoms with Crippen LogP contribution >= 0.6 is 0 Å². The van der Waals surface area contributed by atoms with Gasteiger partial charge in [-0.1, -0.05) is 36.4 Å². The third-order valence-electron chi connectivity index (χ3n) is 5.55. The first-order valence-electron chi connectivity index (χ1n) is 10.1. The summed E-state index contributed by atoms with van der Waals surface area (Å²) in [6.07, 6.45) is 0.755. The lowest BCUT2D eigenvalue weighted by Gasteiger charge is -2.30. The number of hydrogen-bond acceptors (Lipinski definition) is 3. The Kier molecular flexibility index (Phi) is 5.71. The number of fused-ring (bicyclic) bond motifs is 1. The molecule has 0 aromatic heterocycles. The molecule has 0 saturated carbocycles. The van der Waals surface area contributed by atoms with Gasteiger partial charge < -0.3 is 14.7 Å². The summed E-state index contributed by atoms with van der Waals surface area (Å²) >= 11 is 0. The first-order chi connectivity index (χ1) is 14.9. The average Bonchev–Trinajstić information content (AvgIpc) is 3.26. The zero-order chi connectivity index (χ0) is 22.0. The van der Waals surface area contributed by atoms with Crippen LogP contribution < -0.4 is 4.74 Å². The molecule has 5 nitrogen and oxygen atoms in total. The van der Waals surface area contributed by atoms with Crippen molar-refractivity contribution in [2.45, 2.75) is 25.9 Å². The molecule has 158 valence electrons. The standard InChI is InChI=1S/C25H22FNO4/c1-16(18-8-10-21(26)11-9-18)27(15-17-4-2-6-20(14-17)25(29)30)24(28)22-7-3-5-19-12-13-31-23(19)22/h2-11,14,16H,12-13,15H2,1H3,(H,29,30). The highest BCUT2D eigenvalue weighted by Crippen LogP contribution is 2.33. The molecule has 1 unspecified atom stereocenters. The molecule has 3 aromatic rings. The molecule has 6 heteroatoms. The minimum absolute atomic E-state index is 0.156. The van der Waals surface area contributed by atoms with Crippen LogP contribution in [0, 0.1) is 5.82 Å². The zero-order valence-electron chi connectivity index (χ0n) is 17.0. The summed E-state index contributed by atoms with van der Waals surface area (Å²) in [4.78, 5) is 26.7. The molecule has 0 fully saturated rings. The first kappa shape index (κ1) is 20.6. The van der Waals surface area contributed by atoms with Crippen LogP contribution in [0.15, 0.2) is 66.7 Å². The second-order valence-corrected chi connectivity index (χ2v) is 7.56. The van der Waals surface area contributed by atoms with Crippen molar-refractivity contribution in [2.24, 2.45) is 0 Å². The van der Waals surface area contributed by atoms with Crippen LogP contribution in [0.3, 0.4) is 0 Å². The minimum Gasteiger partial charge on any atom is -0.492 e. The zero-order valence-corrected chi connectivity index (χ0v) is 17.0. The Bertz CT molecular complexity index is 1130. The molecule has 1 aliphatic rings. The van der Waals surface area contributed by atoms with Crippen molar-refractivity contribution in [3.05, 3.63) is 100 Å². The molecule has 0 bridgehead atoms. The number of benzene rings is 3. The first-order valence-corrected chi connectivity index (χ1v) is 10.1. The highest BCUT2D eigenvalue weighted by Gasteiger charge is 2.28. The number of halogens is 1. The van der Waals surface area contributed by atoms with Crippen LogP contribution in [0.1, 0.15) is 50.4 Å². The molecule has 3 aromatic carbocycles. The maximum Gasteiger partial charge on any atom is 0.335 e. The van der Waals surface area contributed by atoms with Crippen molar-refractivity contribution < 1.29 is 23.8 Å². The van der Waals surface area contributed by atoms with Crippen LogP contribution in [0.5, 0.6) is 5.75 Å². The van der Waals surface area contributed by atoms with Gasteiger partial charge in [0.2, 0.25) is 0 Å². The molecular weight excluding hydrogens is 397 g/mol. The van der Waals surface area contributed by atoms with Gasteiger partial charge in [-0.15, -0.1) is 0 Å². The summed E-state index contributed by atoms with van der Waals surface area (Å²) in [5.74, 6) is -1.00. The average molecular weight is 419 g/mol. The summed E-state index contributed by atoms with van der Waals surface area (Å²) in [6.45, 7) is 2.60. The van der Waals surface area contributed by atoms with Crippen LogP contribution in [0.25, 0.3) is 0 Å². The molecule has 1 amide bonds. The third-order valence-corrected chi connectivity index (χ3v) is 5.55. The number of carboxylic acid groups (broad SMARTS) is 1. The quantitative estimate of drug-likeness (QED) is 0.620. The fourth-order valence-corrected chi connectivity index (χ4v) is 3.84. The molecule has 1 aliphatic heterocycles. The molecule has 0 saturated heterocycles. The van der Waals surface area contributed by atoms with Crippen molar-refractivity contribution in [3.63, 3.8) is 0 Å². The van der Waals surface area contributed by atoms with Crippen molar-refractivity contribution in [1.82, 2.24) is 4.90 Å². The van der Waals surface area contributed by atoms with Gasteiger partial charge >= 0.3 is 5.97 Å². The molecule has 0 radical (unpaired) electrons. The van der Waals surface area contributed by atoms with E-state index in [9.17, 15) is 19.1 Å². The number of carbonyl (C=O) groups excluding carboxylic acids is 1. The van der Waals surface area contributed by atoms with Crippen molar-refractivity contribution in [2.75, 3.05) is 6.61 Å². The smallest absolute Gasteiger partial charge is 0.335 e. The van der Waals surface area contributed by atoms with Crippen LogP contribution in [-0.2, 0) is 13.0 Å². The van der Waals surface area contributed by atoms with Crippen molar-refractivity contribution >= 4 is 11.9 Å². The largest absolute Gasteiger partial charge is 0.492 e. The molecule has 0 spiro atoms. The fourth-order valence-electron chi connectivity index (χ4n) is 3.84. The second-order valence-electron chi connectivity index (χ2n) is 7.56. The van der Waals surface area contributed by atoms with E-state index in [2.05, 4.69) is 0 Å². The Balaban J connectivity index is 1.73. The van der Waals surface area contributed by atoms with Gasteiger partial charge in [-0.25, -0.2) is 9.18 Å². The second kappa shape index (κ2) is 8.60. The number of amides is 1. The van der Waals surface area contributed by atoms with E-state index in [4.69, 9.17) is 4.74 Å². The van der Waals surface area contributed by atoms with Crippen molar-refractivity contribution in [3.8, 4) is 5.75 Å². The van der Waals surface area contributed by atoms with Crippen molar-refractivity contribution in [1.29, 1.82) is 0 Å². The Morgan fingerprint density at radius 3 is 2.58 bits per heavy atom. The maximum absolute atomic E-state index is 13.7. The van der Waals surface area contributed by atoms with E-state index >= 15 is 0 Å². The number of hydrogen-bond donors (Lipinski definition) is 1. The normalized spacial score (nSPS) is 13.2. The predicted octanol–water partition coefficient (Wildman–Crippen LogP) is 4.86. The number of rotatable bonds is 6. The van der Waals surface area contributed by atoms with Gasteiger partial charge in [0.1, 0.15) is 11.6 Å². The lowest BCUT2D eigenvalue weighted by Crippen LogP contribution is -2.33. The van der Waals surface area contributed by atoms with E-state index in [1.807, 2.05) is 19.1 Å². The monoisotopic (exact) mass is 419 g/mol. The van der Waals surface area contributed by atoms with Crippen LogP contribution in [0.4, 0.5) is 4.39 Å². The van der Waals surface area contributed by atoms with E-state index in [0.717, 1.165) is 17.5 Å². The Labute approximate surface area is 179 Å². The van der Waals surface area contributed by atoms with Crippen LogP contribution in [-0.4, -0.2) is 28.5 Å². The third kappa shape index (κ3) is 4.28. The maximum atomic E-state index is 13.7. The predicted molar refractivity (Wildman–Crippen MR) is 114 cm³/mol. The summed E-state index contributed by atoms with van der Waals surface area (Å²) < 4.78 is 19.2. The van der Waals surface area contributed by atoms with E-state index in [1.54, 1.807) is 41.3 Å². The van der Waals surface area contributed by atoms with Gasteiger partial charge in [-0.05, 0) is 53.9 Å². The van der Waals surface area contributed by atoms with E-state index in [0.29, 0.717) is 23.5 Å². The van der Waals surface area contributed by atoms with E-state index in [-0.39, 0.29) is 29.9 Å². The fraction of sp³-hybridized carbons (Fsp3) is 0.200. The van der Waals surface area contributed by atoms with Gasteiger partial charge in [0.25, 0.3) is 5.91 Å². The Hall–Kier alpha value is -3.67. The number of nitrogens with zero attached hydrogens (tertiary/aromatic N) is 1. The number of carbonyl (C=O) groups is 2. The summed E-state index contributed by atoms with van der Waals surface area (Å²) in [5.41, 5.74) is 3.09. The minimum atomic E-state index is -1.03. The van der Waals surface area contributed by atoms with Gasteiger partial charge in [0.15, 0.2) is 0 Å². The van der Waals surface area contributed by atoms with Gasteiger partial charge in [0.05, 0.1) is 23.8 Å². The number of para-hydroxylation sites is 1.